The lowest BCUT2D eigenvalue weighted by Gasteiger charge is -2.34. The summed E-state index contributed by atoms with van der Waals surface area (Å²) >= 11 is 1.16. The first-order chi connectivity index (χ1) is 66.9. The van der Waals surface area contributed by atoms with Crippen molar-refractivity contribution in [3.8, 4) is 5.75 Å². The van der Waals surface area contributed by atoms with Crippen molar-refractivity contribution in [2.24, 2.45) is 15.0 Å². The molecule has 0 atom stereocenters. The number of Topliss-reactive ketones (excluding diaryl/α,β-unsaturated/α-hetero) is 5. The predicted molar refractivity (Wildman–Crippen MR) is 571 cm³/mol. The van der Waals surface area contributed by atoms with Crippen LogP contribution in [0.2, 0.25) is 0 Å². The lowest BCUT2D eigenvalue weighted by molar-refractivity contribution is -0.519. The van der Waals surface area contributed by atoms with Gasteiger partial charge in [0.15, 0.2) is 22.4 Å². The van der Waals surface area contributed by atoms with E-state index in [4.69, 9.17) is 0 Å². The number of rotatable bonds is 28. The number of carbonyl (C=O) groups is 7. The number of anilines is 5. The first-order valence-electron chi connectivity index (χ1n) is 49.3. The number of aliphatic hydroxyl groups is 4. The molecule has 15 rings (SSSR count). The van der Waals surface area contributed by atoms with Crippen molar-refractivity contribution in [3.05, 3.63) is 296 Å². The molecule has 24 nitrogen and oxygen atoms in total. The van der Waals surface area contributed by atoms with Crippen molar-refractivity contribution in [1.29, 1.82) is 0 Å². The Morgan fingerprint density at radius 3 is 1.11 bits per heavy atom. The predicted octanol–water partition coefficient (Wildman–Crippen LogP) is 20.8. The zero-order valence-electron chi connectivity index (χ0n) is 86.1. The van der Waals surface area contributed by atoms with E-state index >= 15 is 0 Å². The number of aryl methyl sites for hydroxylation is 2. The van der Waals surface area contributed by atoms with Crippen molar-refractivity contribution in [2.75, 3.05) is 129 Å². The van der Waals surface area contributed by atoms with Gasteiger partial charge in [-0.2, -0.15) is 4.99 Å². The molecule has 0 fully saturated rings. The van der Waals surface area contributed by atoms with Crippen LogP contribution in [0.1, 0.15) is 205 Å². The number of phenols is 1. The number of aliphatic hydroxyl groups excluding tert-OH is 4. The molecule has 3 heterocycles. The number of amides is 1. The number of allylic oxidation sites excluding steroid dienone is 23. The molecule has 10 aliphatic rings. The quantitative estimate of drug-likeness (QED) is 0.0229. The molecule has 5 aromatic carbocycles. The molecule has 0 saturated carbocycles. The molecule has 0 bridgehead atoms. The number of nitrogens with zero attached hydrogens (tertiary/aromatic N) is 11. The summed E-state index contributed by atoms with van der Waals surface area (Å²) < 4.78 is 2.25. The van der Waals surface area contributed by atoms with Gasteiger partial charge in [-0.15, -0.1) is 0 Å². The zero-order valence-corrected chi connectivity index (χ0v) is 86.9. The van der Waals surface area contributed by atoms with Gasteiger partial charge in [-0.1, -0.05) is 49.1 Å². The Labute approximate surface area is 830 Å². The molecule has 0 saturated heterocycles. The summed E-state index contributed by atoms with van der Waals surface area (Å²) in [4.78, 5) is 117. The molecule has 3 aliphatic heterocycles. The van der Waals surface area contributed by atoms with Crippen molar-refractivity contribution < 1.29 is 68.8 Å². The minimum atomic E-state index is -0.460. The molecule has 0 unspecified atom stereocenters. The van der Waals surface area contributed by atoms with Crippen LogP contribution in [-0.2, 0) is 33.6 Å². The lowest BCUT2D eigenvalue weighted by atomic mass is 9.77. The van der Waals surface area contributed by atoms with Gasteiger partial charge >= 0.3 is 0 Å². The van der Waals surface area contributed by atoms with Crippen molar-refractivity contribution in [2.45, 2.75) is 180 Å². The smallest absolute Gasteiger partial charge is 0.287 e. The van der Waals surface area contributed by atoms with E-state index in [-0.39, 0.29) is 102 Å². The van der Waals surface area contributed by atoms with Crippen molar-refractivity contribution >= 4 is 131 Å². The maximum atomic E-state index is 13.0. The summed E-state index contributed by atoms with van der Waals surface area (Å²) in [7, 11) is 0. The average molecular weight is 1910 g/mol. The molecular weight excluding hydrogens is 1780 g/mol. The Morgan fingerprint density at radius 1 is 0.343 bits per heavy atom. The molecule has 5 aromatic rings. The van der Waals surface area contributed by atoms with Crippen LogP contribution in [0.25, 0.3) is 27.9 Å². The Morgan fingerprint density at radius 2 is 0.721 bits per heavy atom. The van der Waals surface area contributed by atoms with Crippen LogP contribution in [0.4, 0.5) is 28.4 Å². The Hall–Kier alpha value is -13.9. The normalized spacial score (nSPS) is 19.1. The highest BCUT2D eigenvalue weighted by Gasteiger charge is 2.45. The molecule has 0 aromatic heterocycles. The Bertz CT molecular complexity index is 6550. The standard InChI is InChI=1S/C26H32N2O2.C24H28N2O4.2C22H26N2O2.C21H25N3O3S/c1-7-27(8-2)19-11-13-21(17(5)15-19)23-25(29)24(26(23)30)22-14-12-20(16-18(22)6)28(9-3)10-4;1-5-25(6-2)15-9-11-17(19(27)13-15)21-23(29)22(24(21)30)18-12-10-16(14-20(18)28)26(7-3)8-4;1-7-24(8-2)16-9-10-17(12(3)11-16)18-21(25)19(22(18)26)20-14(5)13(4)15(6)23-20;1-6-17-13(4)20(23-14(17)5)19-21(25)18(22(19)26)15-9-11-16(12-10-15)24(7-2)8-3;1-5-23(6-2)14-11-9-13(10-12-14)15-17(25)16(18(15)26)19-20(27)22-21(28-19)24(7-3)8-4/h11-16H,7-10H2,1-6H3;9-14,27,29H,5-8H2,1-4H3;9-11,25H,7-8H2,1-6H3;9-12,25H,6-8H2,1-5H3;9-12,25H,5-8H2,1-4H3. The van der Waals surface area contributed by atoms with Gasteiger partial charge in [0.1, 0.15) is 41.9 Å². The summed E-state index contributed by atoms with van der Waals surface area (Å²) in [5, 5.41) is 66.4. The fourth-order valence-electron chi connectivity index (χ4n) is 19.1. The number of aliphatic imine (C=N–C) groups is 3. The van der Waals surface area contributed by atoms with E-state index in [1.807, 2.05) is 198 Å². The zero-order chi connectivity index (χ0) is 103. The van der Waals surface area contributed by atoms with E-state index in [1.54, 1.807) is 24.3 Å². The van der Waals surface area contributed by atoms with Crippen LogP contribution in [0.3, 0.4) is 0 Å². The highest BCUT2D eigenvalue weighted by Crippen LogP contribution is 2.49. The van der Waals surface area contributed by atoms with Gasteiger partial charge < -0.3 is 64.9 Å². The second kappa shape index (κ2) is 46.2. The van der Waals surface area contributed by atoms with Crippen LogP contribution in [0.15, 0.2) is 272 Å². The minimum Gasteiger partial charge on any atom is -0.871 e. The van der Waals surface area contributed by atoms with Gasteiger partial charge in [-0.25, -0.2) is 4.58 Å². The van der Waals surface area contributed by atoms with E-state index in [0.29, 0.717) is 55.6 Å². The molecule has 25 heteroatoms. The summed E-state index contributed by atoms with van der Waals surface area (Å²) in [6.07, 6.45) is 11.7. The van der Waals surface area contributed by atoms with Gasteiger partial charge in [0, 0.05) is 184 Å². The van der Waals surface area contributed by atoms with Crippen molar-refractivity contribution in [1.82, 2.24) is 9.80 Å². The second-order valence-corrected chi connectivity index (χ2v) is 35.9. The first-order valence-corrected chi connectivity index (χ1v) is 50.1. The van der Waals surface area contributed by atoms with E-state index in [2.05, 4.69) is 138 Å². The highest BCUT2D eigenvalue weighted by atomic mass is 32.2. The number of likely N-dealkylation sites (N-methyl/N-ethyl adjacent to an activating group) is 1. The third-order valence-corrected chi connectivity index (χ3v) is 28.8. The lowest BCUT2D eigenvalue weighted by Crippen LogP contribution is -2.31. The van der Waals surface area contributed by atoms with Gasteiger partial charge in [0.25, 0.3) is 5.91 Å². The average Bonchev–Trinajstić information content (AvgIpc) is 1.55. The molecule has 140 heavy (non-hydrogen) atoms. The van der Waals surface area contributed by atoms with Gasteiger partial charge in [0.05, 0.1) is 60.9 Å². The van der Waals surface area contributed by atoms with E-state index in [9.17, 15) is 64.2 Å². The molecule has 5 N–H and O–H groups in total. The van der Waals surface area contributed by atoms with Gasteiger partial charge in [0.2, 0.25) is 23.1 Å². The number of hydrogen-bond acceptors (Lipinski definition) is 23. The largest absolute Gasteiger partial charge is 0.871 e. The van der Waals surface area contributed by atoms with Crippen LogP contribution < -0.4 is 29.6 Å². The van der Waals surface area contributed by atoms with E-state index in [1.165, 1.54) is 6.08 Å². The van der Waals surface area contributed by atoms with Gasteiger partial charge in [-0.3, -0.25) is 43.5 Å². The van der Waals surface area contributed by atoms with E-state index < -0.39 is 11.7 Å². The third-order valence-electron chi connectivity index (χ3n) is 27.7. The van der Waals surface area contributed by atoms with Crippen molar-refractivity contribution in [3.63, 3.8) is 0 Å². The fraction of sp³-hybridized carbons (Fsp3) is 0.365. The number of amidine groups is 1. The number of benzene rings is 5. The first kappa shape index (κ1) is 107. The minimum absolute atomic E-state index is 0.00770. The maximum Gasteiger partial charge on any atom is 0.287 e. The summed E-state index contributed by atoms with van der Waals surface area (Å²) in [6, 6.07) is 32.4. The van der Waals surface area contributed by atoms with Crippen LogP contribution >= 0.6 is 11.8 Å². The maximum absolute atomic E-state index is 13.0. The third kappa shape index (κ3) is 20.7. The Balaban J connectivity index is 0.000000168. The van der Waals surface area contributed by atoms with Gasteiger partial charge in [-0.05, 0) is 330 Å². The number of carbonyl (C=O) groups excluding carboxylic acids is 7. The number of thioether (sulfide) groups is 1. The molecule has 736 valence electrons. The molecular formula is C115H137N11O13S. The number of phenolic OH excluding ortho intramolecular Hbond substituents is 1. The fourth-order valence-corrected chi connectivity index (χ4v) is 20.2. The SMILES string of the molecule is CCC1=C(C)C(=C2C(=O)C(c3ccc(N(CC)CC)cc3)=C2O)N=C1C.CCN(CC)C1=CC(=O)C(=C2C(=O)C(c3ccc(N(CC)CC)cc3O)=C2O)C=C1.CCN(CC)C1=NC(=O)C(=C2C(=O)C(c3ccc(N(CC)CC)cc3)=C2O)S1.CCN(CC)c1ccc(C2=C(O)C(=C3N=C(C)C(C)=C3C)C2=O)c(C)c1.CCN(CC)c1ccc(C2=C([O-])/C(=C3/C=CC(=[N+](CC)CC)C=C3C)C2=O)c(C)c1. The Kier molecular flexibility index (Phi) is 35.2. The monoisotopic (exact) mass is 1910 g/mol. The summed E-state index contributed by atoms with van der Waals surface area (Å²) in [6.45, 7) is 64.7. The van der Waals surface area contributed by atoms with Crippen LogP contribution in [0, 0.1) is 13.8 Å². The molecule has 7 aliphatic carbocycles. The number of ketones is 6. The topological polar surface area (TPSA) is 306 Å². The molecule has 0 radical (unpaired) electrons. The van der Waals surface area contributed by atoms with E-state index in [0.717, 1.165) is 235 Å². The number of aromatic hydroxyl groups is 1. The van der Waals surface area contributed by atoms with Crippen LogP contribution in [-0.4, -0.2) is 208 Å². The molecule has 1 amide bonds. The second-order valence-electron chi connectivity index (χ2n) is 34.9. The number of hydrogen-bond donors (Lipinski definition) is 5. The summed E-state index contributed by atoms with van der Waals surface area (Å²) in [5.41, 5.74) is 24.1. The summed E-state index contributed by atoms with van der Waals surface area (Å²) in [5.74, 6) is -2.36. The highest BCUT2D eigenvalue weighted by molar-refractivity contribution is 8.18. The van der Waals surface area contributed by atoms with Crippen LogP contribution in [0.5, 0.6) is 5.75 Å². The molecule has 0 spiro atoms.